The molecule has 0 aromatic carbocycles. The second-order valence-corrected chi connectivity index (χ2v) is 5.10. The second-order valence-electron chi connectivity index (χ2n) is 5.10. The molecule has 1 aliphatic carbocycles. The highest BCUT2D eigenvalue weighted by Gasteiger charge is 2.51. The van der Waals surface area contributed by atoms with Gasteiger partial charge in [-0.05, 0) is 42.9 Å². The van der Waals surface area contributed by atoms with Gasteiger partial charge in [0, 0.05) is 12.6 Å². The molecule has 1 fully saturated rings. The lowest BCUT2D eigenvalue weighted by Crippen LogP contribution is -2.36. The molecule has 0 aliphatic heterocycles. The number of nitrogen functional groups attached to an aromatic ring is 1. The van der Waals surface area contributed by atoms with E-state index in [-0.39, 0.29) is 5.41 Å². The largest absolute Gasteiger partial charge is 0.389 e. The minimum Gasteiger partial charge on any atom is -0.389 e. The van der Waals surface area contributed by atoms with E-state index in [1.54, 1.807) is 6.20 Å². The summed E-state index contributed by atoms with van der Waals surface area (Å²) in [5, 5.41) is 10.4. The van der Waals surface area contributed by atoms with E-state index in [9.17, 15) is 5.11 Å². The fourth-order valence-corrected chi connectivity index (χ4v) is 1.94. The summed E-state index contributed by atoms with van der Waals surface area (Å²) in [6.45, 7) is 4.05. The third-order valence-corrected chi connectivity index (χ3v) is 3.69. The molecule has 1 aromatic heterocycles. The molecule has 3 N–H and O–H groups in total. The number of aromatic nitrogens is 1. The van der Waals surface area contributed by atoms with E-state index < -0.39 is 5.60 Å². The lowest BCUT2D eigenvalue weighted by molar-refractivity contribution is -0.00701. The van der Waals surface area contributed by atoms with E-state index in [2.05, 4.69) is 11.9 Å². The van der Waals surface area contributed by atoms with E-state index in [0.717, 1.165) is 18.4 Å². The van der Waals surface area contributed by atoms with Crippen LogP contribution in [0.1, 0.15) is 32.3 Å². The van der Waals surface area contributed by atoms with Crippen LogP contribution in [0.15, 0.2) is 18.3 Å². The van der Waals surface area contributed by atoms with Crippen LogP contribution in [0.2, 0.25) is 0 Å². The van der Waals surface area contributed by atoms with Crippen molar-refractivity contribution >= 4 is 5.82 Å². The summed E-state index contributed by atoms with van der Waals surface area (Å²) in [6.07, 6.45) is 4.56. The quantitative estimate of drug-likeness (QED) is 0.792. The van der Waals surface area contributed by atoms with Crippen molar-refractivity contribution in [1.82, 2.24) is 4.98 Å². The Morgan fingerprint density at radius 3 is 2.80 bits per heavy atom. The molecule has 0 spiro atoms. The summed E-state index contributed by atoms with van der Waals surface area (Å²) < 4.78 is 0. The summed E-state index contributed by atoms with van der Waals surface area (Å²) in [5.74, 6) is 0.518. The van der Waals surface area contributed by atoms with Gasteiger partial charge in [-0.2, -0.15) is 0 Å². The average Bonchev–Trinajstić information content (AvgIpc) is 2.84. The Bertz CT molecular complexity index is 370. The van der Waals surface area contributed by atoms with Crippen molar-refractivity contribution in [2.45, 2.75) is 38.7 Å². The Labute approximate surface area is 90.3 Å². The van der Waals surface area contributed by atoms with Crippen molar-refractivity contribution in [2.24, 2.45) is 5.41 Å². The second kappa shape index (κ2) is 3.20. The molecule has 1 atom stereocenters. The molecule has 0 radical (unpaired) electrons. The van der Waals surface area contributed by atoms with Crippen LogP contribution >= 0.6 is 0 Å². The monoisotopic (exact) mass is 206 g/mol. The Hall–Kier alpha value is -1.09. The van der Waals surface area contributed by atoms with Crippen LogP contribution in [0.3, 0.4) is 0 Å². The van der Waals surface area contributed by atoms with Gasteiger partial charge < -0.3 is 10.8 Å². The SMILES string of the molecule is CC(O)(Cc1ccnc(N)c1)C1(C)CC1. The molecule has 1 heterocycles. The van der Waals surface area contributed by atoms with Gasteiger partial charge in [-0.3, -0.25) is 0 Å². The smallest absolute Gasteiger partial charge is 0.123 e. The van der Waals surface area contributed by atoms with Gasteiger partial charge in [-0.25, -0.2) is 4.98 Å². The molecule has 15 heavy (non-hydrogen) atoms. The third kappa shape index (κ3) is 1.97. The normalized spacial score (nSPS) is 22.1. The summed E-state index contributed by atoms with van der Waals surface area (Å²) in [5.41, 5.74) is 6.12. The van der Waals surface area contributed by atoms with Crippen molar-refractivity contribution < 1.29 is 5.11 Å². The first-order chi connectivity index (χ1) is 6.93. The Morgan fingerprint density at radius 2 is 2.27 bits per heavy atom. The van der Waals surface area contributed by atoms with Gasteiger partial charge in [0.2, 0.25) is 0 Å². The minimum absolute atomic E-state index is 0.0883. The molecule has 0 amide bonds. The maximum Gasteiger partial charge on any atom is 0.123 e. The zero-order chi connectivity index (χ0) is 11.1. The number of rotatable bonds is 3. The summed E-state index contributed by atoms with van der Waals surface area (Å²) >= 11 is 0. The van der Waals surface area contributed by atoms with Gasteiger partial charge in [0.25, 0.3) is 0 Å². The number of nitrogens with zero attached hydrogens (tertiary/aromatic N) is 1. The van der Waals surface area contributed by atoms with Crippen LogP contribution in [0, 0.1) is 5.41 Å². The molecule has 3 heteroatoms. The molecule has 1 unspecified atom stereocenters. The molecule has 0 bridgehead atoms. The molecule has 2 rings (SSSR count). The van der Waals surface area contributed by atoms with E-state index >= 15 is 0 Å². The Balaban J connectivity index is 2.14. The van der Waals surface area contributed by atoms with Crippen molar-refractivity contribution in [2.75, 3.05) is 5.73 Å². The van der Waals surface area contributed by atoms with Crippen molar-refractivity contribution in [3.63, 3.8) is 0 Å². The minimum atomic E-state index is -0.638. The molecular weight excluding hydrogens is 188 g/mol. The van der Waals surface area contributed by atoms with Gasteiger partial charge in [0.05, 0.1) is 5.60 Å². The highest BCUT2D eigenvalue weighted by molar-refractivity contribution is 5.33. The molecule has 0 saturated heterocycles. The van der Waals surface area contributed by atoms with Gasteiger partial charge in [-0.15, -0.1) is 0 Å². The summed E-state index contributed by atoms with van der Waals surface area (Å²) in [4.78, 5) is 3.94. The number of hydrogen-bond acceptors (Lipinski definition) is 3. The number of anilines is 1. The molecular formula is C12H18N2O. The lowest BCUT2D eigenvalue weighted by Gasteiger charge is -2.30. The van der Waals surface area contributed by atoms with Crippen LogP contribution < -0.4 is 5.73 Å². The fourth-order valence-electron chi connectivity index (χ4n) is 1.94. The number of hydrogen-bond donors (Lipinski definition) is 2. The van der Waals surface area contributed by atoms with Crippen LogP contribution in [-0.4, -0.2) is 15.7 Å². The summed E-state index contributed by atoms with van der Waals surface area (Å²) in [6, 6.07) is 3.75. The Morgan fingerprint density at radius 1 is 1.60 bits per heavy atom. The zero-order valence-corrected chi connectivity index (χ0v) is 9.33. The van der Waals surface area contributed by atoms with Crippen LogP contribution in [0.25, 0.3) is 0 Å². The molecule has 1 aromatic rings. The van der Waals surface area contributed by atoms with Gasteiger partial charge in [0.1, 0.15) is 5.82 Å². The van der Waals surface area contributed by atoms with Crippen molar-refractivity contribution in [3.8, 4) is 0 Å². The van der Waals surface area contributed by atoms with Crippen molar-refractivity contribution in [3.05, 3.63) is 23.9 Å². The number of aliphatic hydroxyl groups is 1. The first kappa shape index (κ1) is 10.4. The highest BCUT2D eigenvalue weighted by Crippen LogP contribution is 2.54. The summed E-state index contributed by atoms with van der Waals surface area (Å²) in [7, 11) is 0. The molecule has 3 nitrogen and oxygen atoms in total. The first-order valence-corrected chi connectivity index (χ1v) is 5.36. The predicted octanol–water partition coefficient (Wildman–Crippen LogP) is 1.76. The van der Waals surface area contributed by atoms with E-state index in [1.165, 1.54) is 0 Å². The molecule has 1 saturated carbocycles. The van der Waals surface area contributed by atoms with Gasteiger partial charge >= 0.3 is 0 Å². The maximum atomic E-state index is 10.4. The third-order valence-electron chi connectivity index (χ3n) is 3.69. The highest BCUT2D eigenvalue weighted by atomic mass is 16.3. The average molecular weight is 206 g/mol. The number of nitrogens with two attached hydrogens (primary N) is 1. The zero-order valence-electron chi connectivity index (χ0n) is 9.33. The number of pyridine rings is 1. The molecule has 1 aliphatic rings. The van der Waals surface area contributed by atoms with E-state index in [4.69, 9.17) is 5.73 Å². The first-order valence-electron chi connectivity index (χ1n) is 5.36. The maximum absolute atomic E-state index is 10.4. The van der Waals surface area contributed by atoms with Crippen LogP contribution in [0.5, 0.6) is 0 Å². The van der Waals surface area contributed by atoms with Crippen LogP contribution in [-0.2, 0) is 6.42 Å². The molecule has 82 valence electrons. The van der Waals surface area contributed by atoms with Gasteiger partial charge in [-0.1, -0.05) is 6.92 Å². The standard InChI is InChI=1S/C12H18N2O/c1-11(4-5-11)12(2,15)8-9-3-6-14-10(13)7-9/h3,6-7,15H,4-5,8H2,1-2H3,(H2,13,14). The van der Waals surface area contributed by atoms with Crippen LogP contribution in [0.4, 0.5) is 5.82 Å². The predicted molar refractivity (Wildman–Crippen MR) is 60.3 cm³/mol. The van der Waals surface area contributed by atoms with Crippen molar-refractivity contribution in [1.29, 1.82) is 0 Å². The lowest BCUT2D eigenvalue weighted by atomic mass is 9.82. The van der Waals surface area contributed by atoms with Gasteiger partial charge in [0.15, 0.2) is 0 Å². The topological polar surface area (TPSA) is 59.1 Å². The fraction of sp³-hybridized carbons (Fsp3) is 0.583. The van der Waals surface area contributed by atoms with E-state index in [1.807, 2.05) is 19.1 Å². The van der Waals surface area contributed by atoms with E-state index in [0.29, 0.717) is 12.2 Å². The Kier molecular flexibility index (Phi) is 2.23.